The fourth-order valence-corrected chi connectivity index (χ4v) is 4.53. The Morgan fingerprint density at radius 2 is 1.93 bits per heavy atom. The monoisotopic (exact) mass is 429 g/mol. The summed E-state index contributed by atoms with van der Waals surface area (Å²) < 4.78 is 56.4. The molecule has 160 valence electrons. The van der Waals surface area contributed by atoms with E-state index < -0.39 is 58.8 Å². The zero-order chi connectivity index (χ0) is 20.8. The molecule has 2 heterocycles. The summed E-state index contributed by atoms with van der Waals surface area (Å²) in [5.41, 5.74) is 0.721. The number of fused-ring (bicyclic) bond motifs is 2. The minimum absolute atomic E-state index is 0.143. The molecular formula is C18H23NO9S. The summed E-state index contributed by atoms with van der Waals surface area (Å²) in [7, 11) is -2.71. The van der Waals surface area contributed by atoms with Crippen LogP contribution in [0.25, 0.3) is 0 Å². The molecule has 29 heavy (non-hydrogen) atoms. The van der Waals surface area contributed by atoms with Crippen molar-refractivity contribution in [2.45, 2.75) is 37.6 Å². The van der Waals surface area contributed by atoms with Crippen molar-refractivity contribution in [1.29, 1.82) is 0 Å². The number of benzene rings is 1. The molecule has 0 radical (unpaired) electrons. The summed E-state index contributed by atoms with van der Waals surface area (Å²) in [6.45, 7) is 2.05. The molecule has 3 aliphatic rings. The summed E-state index contributed by atoms with van der Waals surface area (Å²) in [6.07, 6.45) is -3.64. The van der Waals surface area contributed by atoms with Crippen molar-refractivity contribution in [2.24, 2.45) is 17.0 Å². The average Bonchev–Trinajstić information content (AvgIpc) is 3.41. The third-order valence-electron chi connectivity index (χ3n) is 5.29. The Hall–Kier alpha value is -1.76. The minimum Gasteiger partial charge on any atom is -0.497 e. The summed E-state index contributed by atoms with van der Waals surface area (Å²) in [5.74, 6) is -0.938. The van der Waals surface area contributed by atoms with Gasteiger partial charge in [-0.3, -0.25) is 8.98 Å². The van der Waals surface area contributed by atoms with Crippen LogP contribution < -0.4 is 9.88 Å². The van der Waals surface area contributed by atoms with Crippen molar-refractivity contribution in [3.63, 3.8) is 0 Å². The molecule has 3 fully saturated rings. The maximum Gasteiger partial charge on any atom is 0.333 e. The predicted octanol–water partition coefficient (Wildman–Crippen LogP) is 0.274. The number of esters is 1. The van der Waals surface area contributed by atoms with Gasteiger partial charge in [0.2, 0.25) is 0 Å². The predicted molar refractivity (Wildman–Crippen MR) is 96.8 cm³/mol. The van der Waals surface area contributed by atoms with Crippen LogP contribution in [0, 0.1) is 11.8 Å². The Morgan fingerprint density at radius 1 is 1.21 bits per heavy atom. The second-order valence-electron chi connectivity index (χ2n) is 7.09. The molecule has 7 atom stereocenters. The van der Waals surface area contributed by atoms with Gasteiger partial charge in [0.15, 0.2) is 6.29 Å². The van der Waals surface area contributed by atoms with E-state index in [0.29, 0.717) is 5.75 Å². The van der Waals surface area contributed by atoms with Crippen LogP contribution in [-0.2, 0) is 38.2 Å². The molecule has 11 heteroatoms. The largest absolute Gasteiger partial charge is 0.497 e. The highest BCUT2D eigenvalue weighted by Gasteiger charge is 2.68. The first-order chi connectivity index (χ1) is 13.8. The van der Waals surface area contributed by atoms with E-state index in [0.717, 1.165) is 5.56 Å². The number of rotatable bonds is 6. The zero-order valence-corrected chi connectivity index (χ0v) is 16.7. The highest BCUT2D eigenvalue weighted by Crippen LogP contribution is 2.53. The Balaban J connectivity index is 1.56. The Kier molecular flexibility index (Phi) is 5.53. The number of carbonyl (C=O) groups excluding carboxylic acids is 1. The van der Waals surface area contributed by atoms with E-state index >= 15 is 0 Å². The van der Waals surface area contributed by atoms with Gasteiger partial charge in [-0.2, -0.15) is 8.42 Å². The first-order valence-corrected chi connectivity index (χ1v) is 10.7. The molecular weight excluding hydrogens is 406 g/mol. The van der Waals surface area contributed by atoms with E-state index in [4.69, 9.17) is 33.0 Å². The summed E-state index contributed by atoms with van der Waals surface area (Å²) >= 11 is 0. The van der Waals surface area contributed by atoms with Gasteiger partial charge in [-0.05, 0) is 19.1 Å². The summed E-state index contributed by atoms with van der Waals surface area (Å²) in [4.78, 5) is 12.2. The van der Waals surface area contributed by atoms with Gasteiger partial charge in [0, 0.05) is 11.5 Å². The third-order valence-corrected chi connectivity index (χ3v) is 5.78. The molecule has 0 aromatic heterocycles. The van der Waals surface area contributed by atoms with Crippen LogP contribution in [0.2, 0.25) is 0 Å². The molecule has 0 bridgehead atoms. The number of ether oxygens (including phenoxy) is 5. The van der Waals surface area contributed by atoms with E-state index in [2.05, 4.69) is 0 Å². The van der Waals surface area contributed by atoms with Crippen LogP contribution in [0.5, 0.6) is 5.75 Å². The van der Waals surface area contributed by atoms with Crippen molar-refractivity contribution in [1.82, 2.24) is 0 Å². The van der Waals surface area contributed by atoms with E-state index in [-0.39, 0.29) is 13.2 Å². The summed E-state index contributed by atoms with van der Waals surface area (Å²) in [5, 5.41) is 5.12. The molecule has 2 N–H and O–H groups in total. The molecule has 10 nitrogen and oxygen atoms in total. The lowest BCUT2D eigenvalue weighted by Crippen LogP contribution is -2.54. The fraction of sp³-hybridized carbons (Fsp3) is 0.611. The summed E-state index contributed by atoms with van der Waals surface area (Å²) in [6, 6.07) is 7.09. The molecule has 1 aliphatic carbocycles. The molecule has 1 saturated carbocycles. The van der Waals surface area contributed by atoms with Gasteiger partial charge in [-0.1, -0.05) is 12.1 Å². The molecule has 2 aliphatic heterocycles. The third kappa shape index (κ3) is 4.11. The molecule has 1 aromatic rings. The van der Waals surface area contributed by atoms with Crippen molar-refractivity contribution in [3.05, 3.63) is 29.8 Å². The Bertz CT molecular complexity index is 859. The topological polar surface area (TPSA) is 133 Å². The van der Waals surface area contributed by atoms with Gasteiger partial charge in [-0.15, -0.1) is 0 Å². The van der Waals surface area contributed by atoms with Crippen molar-refractivity contribution >= 4 is 16.3 Å². The quantitative estimate of drug-likeness (QED) is 0.633. The van der Waals surface area contributed by atoms with Gasteiger partial charge >= 0.3 is 16.3 Å². The minimum atomic E-state index is -4.28. The van der Waals surface area contributed by atoms with Crippen LogP contribution in [0.3, 0.4) is 0 Å². The maximum atomic E-state index is 12.2. The standard InChI is InChI=1S/C18H23NO9S/c1-3-24-17(20)13-12-15(13)26-11-8-25-18(9-4-6-10(23-2)7-5-9)27-14(11)16(12)28-29(19,21)22/h4-7,11-16,18H,3,8H2,1-2H3,(H2,19,21,22)/t11?,12?,13-,14?,15?,16+,18?/m0/s1. The molecule has 0 spiro atoms. The molecule has 5 unspecified atom stereocenters. The first kappa shape index (κ1) is 20.5. The number of carbonyl (C=O) groups is 1. The Labute approximate surface area is 168 Å². The van der Waals surface area contributed by atoms with Gasteiger partial charge in [0.05, 0.1) is 32.3 Å². The Morgan fingerprint density at radius 3 is 2.55 bits per heavy atom. The number of hydrogen-bond acceptors (Lipinski definition) is 9. The molecule has 2 saturated heterocycles. The molecule has 0 amide bonds. The average molecular weight is 429 g/mol. The second-order valence-corrected chi connectivity index (χ2v) is 8.27. The van der Waals surface area contributed by atoms with Crippen LogP contribution in [0.4, 0.5) is 0 Å². The van der Waals surface area contributed by atoms with Crippen molar-refractivity contribution in [2.75, 3.05) is 20.3 Å². The molecule has 1 aromatic carbocycles. The van der Waals surface area contributed by atoms with Crippen molar-refractivity contribution < 1.29 is 41.1 Å². The number of methoxy groups -OCH3 is 1. The van der Waals surface area contributed by atoms with Gasteiger partial charge in [-0.25, -0.2) is 5.14 Å². The maximum absolute atomic E-state index is 12.2. The van der Waals surface area contributed by atoms with Crippen molar-refractivity contribution in [3.8, 4) is 5.75 Å². The highest BCUT2D eigenvalue weighted by molar-refractivity contribution is 7.84. The normalized spacial score (nSPS) is 35.9. The van der Waals surface area contributed by atoms with Crippen LogP contribution >= 0.6 is 0 Å². The lowest BCUT2D eigenvalue weighted by molar-refractivity contribution is -0.297. The van der Waals surface area contributed by atoms with Crippen LogP contribution in [0.15, 0.2) is 24.3 Å². The van der Waals surface area contributed by atoms with E-state index in [1.54, 1.807) is 38.3 Å². The number of nitrogens with two attached hydrogens (primary N) is 1. The van der Waals surface area contributed by atoms with Crippen LogP contribution in [0.1, 0.15) is 18.8 Å². The zero-order valence-electron chi connectivity index (χ0n) is 15.9. The highest BCUT2D eigenvalue weighted by atomic mass is 32.2. The van der Waals surface area contributed by atoms with E-state index in [1.165, 1.54) is 0 Å². The van der Waals surface area contributed by atoms with Gasteiger partial charge in [0.1, 0.15) is 24.1 Å². The fourth-order valence-electron chi connectivity index (χ4n) is 3.98. The van der Waals surface area contributed by atoms with Crippen LogP contribution in [-0.4, -0.2) is 59.1 Å². The smallest absolute Gasteiger partial charge is 0.333 e. The lowest BCUT2D eigenvalue weighted by atomic mass is 9.99. The number of hydrogen-bond donors (Lipinski definition) is 1. The van der Waals surface area contributed by atoms with E-state index in [1.807, 2.05) is 0 Å². The van der Waals surface area contributed by atoms with Gasteiger partial charge < -0.3 is 23.7 Å². The lowest BCUT2D eigenvalue weighted by Gasteiger charge is -2.42. The second kappa shape index (κ2) is 7.82. The van der Waals surface area contributed by atoms with Gasteiger partial charge in [0.25, 0.3) is 0 Å². The van der Waals surface area contributed by atoms with E-state index in [9.17, 15) is 13.2 Å². The molecule has 4 rings (SSSR count). The SMILES string of the molecule is CCOC(=O)[C@@H]1C2OC3COC(c4ccc(OC)cc4)OC3[C@H](OS(N)(=O)=O)C21. The first-order valence-electron chi connectivity index (χ1n) is 9.26.